The molecule has 2 bridgehead atoms. The lowest BCUT2D eigenvalue weighted by Crippen LogP contribution is -2.37. The lowest BCUT2D eigenvalue weighted by molar-refractivity contribution is 0.218. The van der Waals surface area contributed by atoms with Crippen LogP contribution in [0, 0.1) is 0 Å². The summed E-state index contributed by atoms with van der Waals surface area (Å²) in [5, 5.41) is 0. The van der Waals surface area contributed by atoms with Crippen LogP contribution in [0.5, 0.6) is 0 Å². The maximum Gasteiger partial charge on any atom is 0.0727 e. The van der Waals surface area contributed by atoms with Gasteiger partial charge in [0.05, 0.1) is 4.99 Å². The van der Waals surface area contributed by atoms with Gasteiger partial charge in [0.2, 0.25) is 0 Å². The van der Waals surface area contributed by atoms with Gasteiger partial charge in [-0.2, -0.15) is 0 Å². The normalized spacial score (nSPS) is 31.6. The monoisotopic (exact) mass is 241 g/mol. The van der Waals surface area contributed by atoms with Crippen LogP contribution >= 0.6 is 12.2 Å². The highest BCUT2D eigenvalue weighted by molar-refractivity contribution is 7.80. The van der Waals surface area contributed by atoms with Crippen LogP contribution in [-0.4, -0.2) is 53.6 Å². The zero-order chi connectivity index (χ0) is 11.5. The summed E-state index contributed by atoms with van der Waals surface area (Å²) < 4.78 is 0. The summed E-state index contributed by atoms with van der Waals surface area (Å²) in [6.07, 6.45) is 6.14. The molecule has 0 saturated carbocycles. The molecule has 2 atom stereocenters. The predicted molar refractivity (Wildman–Crippen MR) is 71.6 cm³/mol. The molecule has 2 aliphatic rings. The van der Waals surface area contributed by atoms with E-state index in [1.54, 1.807) is 0 Å². The molecule has 3 nitrogen and oxygen atoms in total. The van der Waals surface area contributed by atoms with Crippen LogP contribution in [0.2, 0.25) is 0 Å². The Hall–Kier alpha value is -0.190. The molecule has 0 aromatic heterocycles. The van der Waals surface area contributed by atoms with E-state index in [2.05, 4.69) is 16.8 Å². The third-order valence-corrected chi connectivity index (χ3v) is 4.33. The van der Waals surface area contributed by atoms with Crippen molar-refractivity contribution < 1.29 is 0 Å². The highest BCUT2D eigenvalue weighted by Crippen LogP contribution is 2.28. The van der Waals surface area contributed by atoms with Gasteiger partial charge in [-0.15, -0.1) is 0 Å². The van der Waals surface area contributed by atoms with Crippen LogP contribution in [-0.2, 0) is 0 Å². The van der Waals surface area contributed by atoms with Gasteiger partial charge in [-0.05, 0) is 52.2 Å². The fourth-order valence-electron chi connectivity index (χ4n) is 3.06. The number of likely N-dealkylation sites (tertiary alicyclic amines) is 1. The second-order valence-corrected chi connectivity index (χ2v) is 5.73. The Labute approximate surface area is 104 Å². The number of nitrogens with two attached hydrogens (primary N) is 1. The summed E-state index contributed by atoms with van der Waals surface area (Å²) in [5.74, 6) is 0. The van der Waals surface area contributed by atoms with Gasteiger partial charge in [-0.3, -0.25) is 4.90 Å². The highest BCUT2D eigenvalue weighted by Gasteiger charge is 2.34. The minimum atomic E-state index is 0.661. The van der Waals surface area contributed by atoms with Crippen LogP contribution in [0.15, 0.2) is 0 Å². The molecule has 2 unspecified atom stereocenters. The lowest BCUT2D eigenvalue weighted by Gasteiger charge is -2.25. The molecule has 2 rings (SSSR count). The van der Waals surface area contributed by atoms with Gasteiger partial charge in [0.25, 0.3) is 0 Å². The fourth-order valence-corrected chi connectivity index (χ4v) is 3.20. The Morgan fingerprint density at radius 3 is 2.81 bits per heavy atom. The Bertz CT molecular complexity index is 257. The first-order valence-corrected chi connectivity index (χ1v) is 6.80. The molecular formula is C12H23N3S. The van der Waals surface area contributed by atoms with E-state index in [1.807, 2.05) is 0 Å². The number of hydrogen-bond acceptors (Lipinski definition) is 3. The first-order chi connectivity index (χ1) is 7.66. The average Bonchev–Trinajstić information content (AvgIpc) is 2.45. The molecule has 4 heteroatoms. The number of thiocarbonyl (C=S) groups is 1. The molecule has 2 N–H and O–H groups in total. The van der Waals surface area contributed by atoms with Crippen molar-refractivity contribution in [2.75, 3.05) is 26.7 Å². The Morgan fingerprint density at radius 2 is 2.06 bits per heavy atom. The largest absolute Gasteiger partial charge is 0.393 e. The van der Waals surface area contributed by atoms with Gasteiger partial charge < -0.3 is 10.6 Å². The average molecular weight is 241 g/mol. The van der Waals surface area contributed by atoms with E-state index < -0.39 is 0 Å². The zero-order valence-electron chi connectivity index (χ0n) is 10.2. The van der Waals surface area contributed by atoms with Gasteiger partial charge >= 0.3 is 0 Å². The SMILES string of the molecule is CN1C2CCC1CN(CCCC(N)=S)CC2. The first kappa shape index (κ1) is 12.3. The second-order valence-electron chi connectivity index (χ2n) is 5.21. The smallest absolute Gasteiger partial charge is 0.0727 e. The second kappa shape index (κ2) is 5.43. The van der Waals surface area contributed by atoms with E-state index in [0.717, 1.165) is 31.5 Å². The van der Waals surface area contributed by atoms with E-state index in [-0.39, 0.29) is 0 Å². The molecule has 0 radical (unpaired) electrons. The van der Waals surface area contributed by atoms with Crippen molar-refractivity contribution in [2.45, 2.75) is 44.2 Å². The standard InChI is InChI=1S/C12H23N3S/c1-14-10-4-5-11(14)9-15(8-6-10)7-2-3-12(13)16/h10-11H,2-9H2,1H3,(H2,13,16). The van der Waals surface area contributed by atoms with E-state index in [1.165, 1.54) is 32.4 Å². The summed E-state index contributed by atoms with van der Waals surface area (Å²) in [6, 6.07) is 1.63. The number of rotatable bonds is 4. The van der Waals surface area contributed by atoms with Crippen molar-refractivity contribution in [3.8, 4) is 0 Å². The van der Waals surface area contributed by atoms with Gasteiger partial charge in [-0.25, -0.2) is 0 Å². The van der Waals surface area contributed by atoms with Crippen molar-refractivity contribution in [3.05, 3.63) is 0 Å². The number of hydrogen-bond donors (Lipinski definition) is 1. The summed E-state index contributed by atoms with van der Waals surface area (Å²) in [4.78, 5) is 5.85. The Balaban J connectivity index is 1.78. The first-order valence-electron chi connectivity index (χ1n) is 6.39. The van der Waals surface area contributed by atoms with Crippen LogP contribution < -0.4 is 5.73 Å². The van der Waals surface area contributed by atoms with Gasteiger partial charge in [0.15, 0.2) is 0 Å². The predicted octanol–water partition coefficient (Wildman–Crippen LogP) is 1.22. The van der Waals surface area contributed by atoms with E-state index >= 15 is 0 Å². The van der Waals surface area contributed by atoms with E-state index in [4.69, 9.17) is 18.0 Å². The minimum absolute atomic E-state index is 0.661. The molecule has 0 aromatic rings. The molecule has 92 valence electrons. The molecule has 0 aromatic carbocycles. The van der Waals surface area contributed by atoms with E-state index in [9.17, 15) is 0 Å². The number of likely N-dealkylation sites (N-methyl/N-ethyl adjacent to an activating group) is 1. The summed E-state index contributed by atoms with van der Waals surface area (Å²) in [6.45, 7) is 3.65. The van der Waals surface area contributed by atoms with Gasteiger partial charge in [0.1, 0.15) is 0 Å². The lowest BCUT2D eigenvalue weighted by atomic mass is 10.1. The topological polar surface area (TPSA) is 32.5 Å². The summed E-state index contributed by atoms with van der Waals surface area (Å²) in [5.41, 5.74) is 5.53. The number of nitrogens with zero attached hydrogens (tertiary/aromatic N) is 2. The van der Waals surface area contributed by atoms with Crippen LogP contribution in [0.1, 0.15) is 32.1 Å². The van der Waals surface area contributed by atoms with Gasteiger partial charge in [-0.1, -0.05) is 12.2 Å². The number of fused-ring (bicyclic) bond motifs is 2. The Kier molecular flexibility index (Phi) is 4.16. The van der Waals surface area contributed by atoms with Crippen LogP contribution in [0.4, 0.5) is 0 Å². The van der Waals surface area contributed by atoms with Crippen molar-refractivity contribution >= 4 is 17.2 Å². The summed E-state index contributed by atoms with van der Waals surface area (Å²) in [7, 11) is 2.29. The van der Waals surface area contributed by atoms with Crippen LogP contribution in [0.3, 0.4) is 0 Å². The van der Waals surface area contributed by atoms with Crippen molar-refractivity contribution in [3.63, 3.8) is 0 Å². The summed E-state index contributed by atoms with van der Waals surface area (Å²) >= 11 is 4.91. The zero-order valence-corrected chi connectivity index (χ0v) is 11.0. The maximum absolute atomic E-state index is 5.53. The molecule has 0 aliphatic carbocycles. The highest BCUT2D eigenvalue weighted by atomic mass is 32.1. The van der Waals surface area contributed by atoms with Crippen LogP contribution in [0.25, 0.3) is 0 Å². The molecule has 0 amide bonds. The third kappa shape index (κ3) is 2.93. The molecule has 2 fully saturated rings. The molecule has 2 saturated heterocycles. The Morgan fingerprint density at radius 1 is 1.31 bits per heavy atom. The van der Waals surface area contributed by atoms with Crippen molar-refractivity contribution in [2.24, 2.45) is 5.73 Å². The third-order valence-electron chi connectivity index (χ3n) is 4.13. The molecule has 2 aliphatic heterocycles. The molecule has 16 heavy (non-hydrogen) atoms. The van der Waals surface area contributed by atoms with Crippen molar-refractivity contribution in [1.82, 2.24) is 9.80 Å². The fraction of sp³-hybridized carbons (Fsp3) is 0.917. The molecular weight excluding hydrogens is 218 g/mol. The maximum atomic E-state index is 5.53. The molecule has 0 spiro atoms. The van der Waals surface area contributed by atoms with E-state index in [0.29, 0.717) is 4.99 Å². The van der Waals surface area contributed by atoms with Crippen molar-refractivity contribution in [1.29, 1.82) is 0 Å². The molecule has 2 heterocycles. The minimum Gasteiger partial charge on any atom is -0.393 e. The quantitative estimate of drug-likeness (QED) is 0.750. The van der Waals surface area contributed by atoms with Gasteiger partial charge in [0, 0.05) is 18.6 Å².